The summed E-state index contributed by atoms with van der Waals surface area (Å²) in [6, 6.07) is 10.6. The second-order valence-corrected chi connectivity index (χ2v) is 7.86. The molecular formula is C19H15F3N4O3S. The Bertz CT molecular complexity index is 1160. The molecule has 7 nitrogen and oxygen atoms in total. The molecule has 0 saturated heterocycles. The molecule has 3 rings (SSSR count). The number of hydrogen-bond acceptors (Lipinski definition) is 5. The van der Waals surface area contributed by atoms with Crippen LogP contribution < -0.4 is 10.0 Å². The van der Waals surface area contributed by atoms with E-state index in [2.05, 4.69) is 20.0 Å². The number of aryl methyl sites for hydroxylation is 1. The molecule has 2 N–H and O–H groups in total. The Morgan fingerprint density at radius 3 is 2.17 bits per heavy atom. The fourth-order valence-electron chi connectivity index (χ4n) is 2.41. The standard InChI is InChI=1S/C19H15F3N4O3S/c1-12-10-11-23-18(24-12)26-30(28,29)16-8-6-15(7-9-16)25-17(27)13-2-4-14(5-3-13)19(20,21)22/h2-11H,1H3,(H,25,27)(H,23,24,26). The molecule has 3 aromatic rings. The zero-order valence-electron chi connectivity index (χ0n) is 15.4. The number of halogens is 3. The number of carbonyl (C=O) groups is 1. The van der Waals surface area contributed by atoms with Crippen LogP contribution in [0.5, 0.6) is 0 Å². The highest BCUT2D eigenvalue weighted by atomic mass is 32.2. The van der Waals surface area contributed by atoms with Crippen molar-refractivity contribution < 1.29 is 26.4 Å². The predicted octanol–water partition coefficient (Wildman–Crippen LogP) is 3.86. The molecule has 0 radical (unpaired) electrons. The van der Waals surface area contributed by atoms with Crippen LogP contribution in [0, 0.1) is 6.92 Å². The molecule has 1 heterocycles. The van der Waals surface area contributed by atoms with Gasteiger partial charge in [0.25, 0.3) is 15.9 Å². The van der Waals surface area contributed by atoms with E-state index in [9.17, 15) is 26.4 Å². The highest BCUT2D eigenvalue weighted by Gasteiger charge is 2.30. The lowest BCUT2D eigenvalue weighted by Gasteiger charge is -2.10. The van der Waals surface area contributed by atoms with Crippen molar-refractivity contribution in [2.75, 3.05) is 10.0 Å². The Morgan fingerprint density at radius 1 is 0.967 bits per heavy atom. The number of nitrogens with one attached hydrogen (secondary N) is 2. The lowest BCUT2D eigenvalue weighted by molar-refractivity contribution is -0.137. The second kappa shape index (κ2) is 8.11. The molecule has 0 saturated carbocycles. The summed E-state index contributed by atoms with van der Waals surface area (Å²) in [6.07, 6.45) is -3.08. The van der Waals surface area contributed by atoms with Crippen molar-refractivity contribution in [2.24, 2.45) is 0 Å². The Hall–Kier alpha value is -3.47. The normalized spacial score (nSPS) is 11.7. The minimum Gasteiger partial charge on any atom is -0.322 e. The zero-order chi connectivity index (χ0) is 21.9. The van der Waals surface area contributed by atoms with Crippen LogP contribution in [0.2, 0.25) is 0 Å². The van der Waals surface area contributed by atoms with Gasteiger partial charge in [0.1, 0.15) is 0 Å². The maximum atomic E-state index is 12.6. The van der Waals surface area contributed by atoms with Gasteiger partial charge in [-0.3, -0.25) is 4.79 Å². The summed E-state index contributed by atoms with van der Waals surface area (Å²) < 4.78 is 64.9. The van der Waals surface area contributed by atoms with Crippen molar-refractivity contribution in [2.45, 2.75) is 18.0 Å². The first-order valence-corrected chi connectivity index (χ1v) is 9.94. The third-order valence-corrected chi connectivity index (χ3v) is 5.26. The lowest BCUT2D eigenvalue weighted by atomic mass is 10.1. The Kier molecular flexibility index (Phi) is 5.74. The monoisotopic (exact) mass is 436 g/mol. The van der Waals surface area contributed by atoms with E-state index in [0.717, 1.165) is 24.3 Å². The Labute approximate surface area is 170 Å². The number of rotatable bonds is 5. The molecule has 156 valence electrons. The number of alkyl halides is 3. The minimum atomic E-state index is -4.49. The molecule has 1 amide bonds. The summed E-state index contributed by atoms with van der Waals surface area (Å²) in [4.78, 5) is 19.9. The Morgan fingerprint density at radius 2 is 1.60 bits per heavy atom. The van der Waals surface area contributed by atoms with Crippen LogP contribution in [0.4, 0.5) is 24.8 Å². The van der Waals surface area contributed by atoms with Gasteiger partial charge in [0, 0.05) is 23.1 Å². The molecule has 2 aromatic carbocycles. The van der Waals surface area contributed by atoms with Crippen molar-refractivity contribution in [3.8, 4) is 0 Å². The number of carbonyl (C=O) groups excluding carboxylic acids is 1. The van der Waals surface area contributed by atoms with Gasteiger partial charge >= 0.3 is 6.18 Å². The molecule has 11 heteroatoms. The molecular weight excluding hydrogens is 421 g/mol. The maximum absolute atomic E-state index is 12.6. The topological polar surface area (TPSA) is 101 Å². The van der Waals surface area contributed by atoms with Gasteiger partial charge in [0.05, 0.1) is 10.5 Å². The van der Waals surface area contributed by atoms with Crippen molar-refractivity contribution in [1.82, 2.24) is 9.97 Å². The average Bonchev–Trinajstić information content (AvgIpc) is 2.67. The molecule has 0 bridgehead atoms. The Balaban J connectivity index is 1.70. The van der Waals surface area contributed by atoms with Crippen LogP contribution >= 0.6 is 0 Å². The summed E-state index contributed by atoms with van der Waals surface area (Å²) in [7, 11) is -3.94. The molecule has 1 aromatic heterocycles. The van der Waals surface area contributed by atoms with E-state index in [4.69, 9.17) is 0 Å². The van der Waals surface area contributed by atoms with Crippen molar-refractivity contribution >= 4 is 27.6 Å². The first-order valence-electron chi connectivity index (χ1n) is 8.46. The fraction of sp³-hybridized carbons (Fsp3) is 0.105. The highest BCUT2D eigenvalue weighted by molar-refractivity contribution is 7.92. The molecule has 0 aliphatic carbocycles. The van der Waals surface area contributed by atoms with Crippen LogP contribution in [-0.4, -0.2) is 24.3 Å². The smallest absolute Gasteiger partial charge is 0.322 e. The van der Waals surface area contributed by atoms with Gasteiger partial charge in [0.15, 0.2) is 0 Å². The van der Waals surface area contributed by atoms with Crippen LogP contribution in [-0.2, 0) is 16.2 Å². The number of benzene rings is 2. The van der Waals surface area contributed by atoms with Gasteiger partial charge in [-0.2, -0.15) is 13.2 Å². The quantitative estimate of drug-likeness (QED) is 0.633. The molecule has 0 fully saturated rings. The number of nitrogens with zero attached hydrogens (tertiary/aromatic N) is 2. The summed E-state index contributed by atoms with van der Waals surface area (Å²) >= 11 is 0. The van der Waals surface area contributed by atoms with Gasteiger partial charge < -0.3 is 5.32 Å². The molecule has 0 aliphatic heterocycles. The molecule has 0 atom stereocenters. The summed E-state index contributed by atoms with van der Waals surface area (Å²) in [5, 5.41) is 2.49. The third-order valence-electron chi connectivity index (χ3n) is 3.92. The van der Waals surface area contributed by atoms with E-state index in [1.165, 1.54) is 30.5 Å². The summed E-state index contributed by atoms with van der Waals surface area (Å²) in [5.74, 6) is -0.708. The van der Waals surface area contributed by atoms with E-state index < -0.39 is 27.7 Å². The molecule has 0 unspecified atom stereocenters. The van der Waals surface area contributed by atoms with Crippen LogP contribution in [0.15, 0.2) is 65.7 Å². The van der Waals surface area contributed by atoms with Crippen molar-refractivity contribution in [3.63, 3.8) is 0 Å². The van der Waals surface area contributed by atoms with Gasteiger partial charge in [-0.25, -0.2) is 23.1 Å². The van der Waals surface area contributed by atoms with Gasteiger partial charge in [0.2, 0.25) is 5.95 Å². The molecule has 30 heavy (non-hydrogen) atoms. The van der Waals surface area contributed by atoms with E-state index >= 15 is 0 Å². The highest BCUT2D eigenvalue weighted by Crippen LogP contribution is 2.29. The van der Waals surface area contributed by atoms with Gasteiger partial charge in [-0.15, -0.1) is 0 Å². The van der Waals surface area contributed by atoms with Gasteiger partial charge in [-0.05, 0) is 61.5 Å². The lowest BCUT2D eigenvalue weighted by Crippen LogP contribution is -2.16. The number of anilines is 2. The molecule has 0 spiro atoms. The summed E-state index contributed by atoms with van der Waals surface area (Å²) in [5.41, 5.74) is 0.0198. The van der Waals surface area contributed by atoms with E-state index in [1.807, 2.05) is 0 Å². The average molecular weight is 436 g/mol. The van der Waals surface area contributed by atoms with E-state index in [1.54, 1.807) is 13.0 Å². The number of amides is 1. The van der Waals surface area contributed by atoms with Crippen molar-refractivity contribution in [3.05, 3.63) is 77.6 Å². The number of sulfonamides is 1. The zero-order valence-corrected chi connectivity index (χ0v) is 16.3. The van der Waals surface area contributed by atoms with Crippen LogP contribution in [0.25, 0.3) is 0 Å². The van der Waals surface area contributed by atoms with Crippen molar-refractivity contribution in [1.29, 1.82) is 0 Å². The first-order chi connectivity index (χ1) is 14.0. The van der Waals surface area contributed by atoms with Gasteiger partial charge in [-0.1, -0.05) is 0 Å². The van der Waals surface area contributed by atoms with E-state index in [-0.39, 0.29) is 22.1 Å². The first kappa shape index (κ1) is 21.2. The van der Waals surface area contributed by atoms with Crippen LogP contribution in [0.3, 0.4) is 0 Å². The predicted molar refractivity (Wildman–Crippen MR) is 103 cm³/mol. The van der Waals surface area contributed by atoms with E-state index in [0.29, 0.717) is 5.69 Å². The number of aromatic nitrogens is 2. The minimum absolute atomic E-state index is 0.0259. The van der Waals surface area contributed by atoms with Crippen LogP contribution in [0.1, 0.15) is 21.6 Å². The molecule has 0 aliphatic rings. The number of hydrogen-bond donors (Lipinski definition) is 2. The SMILES string of the molecule is Cc1ccnc(NS(=O)(=O)c2ccc(NC(=O)c3ccc(C(F)(F)F)cc3)cc2)n1. The largest absolute Gasteiger partial charge is 0.416 e. The third kappa shape index (κ3) is 5.11. The summed E-state index contributed by atoms with van der Waals surface area (Å²) in [6.45, 7) is 1.69. The fourth-order valence-corrected chi connectivity index (χ4v) is 3.36. The maximum Gasteiger partial charge on any atom is 0.416 e. The second-order valence-electron chi connectivity index (χ2n) is 6.18.